The standard InChI is InChI=1S/C19H28N2O2/c1-14-9-11-21(12-10-14)18(23)13-17(22)20-16-8-6-5-7-15(16)19(2,3)4/h5-8,14H,9-13H2,1-4H3,(H,20,22). The average molecular weight is 316 g/mol. The Kier molecular flexibility index (Phi) is 5.45. The van der Waals surface area contributed by atoms with Crippen LogP contribution in [0.2, 0.25) is 0 Å². The number of nitrogens with one attached hydrogen (secondary N) is 1. The number of anilines is 1. The minimum atomic E-state index is -0.231. The summed E-state index contributed by atoms with van der Waals surface area (Å²) in [6.45, 7) is 10.1. The summed E-state index contributed by atoms with van der Waals surface area (Å²) in [4.78, 5) is 26.3. The molecule has 1 saturated heterocycles. The summed E-state index contributed by atoms with van der Waals surface area (Å²) in [5.74, 6) is 0.375. The van der Waals surface area contributed by atoms with E-state index in [-0.39, 0.29) is 23.7 Å². The molecule has 0 spiro atoms. The van der Waals surface area contributed by atoms with Crippen molar-refractivity contribution in [3.8, 4) is 0 Å². The SMILES string of the molecule is CC1CCN(C(=O)CC(=O)Nc2ccccc2C(C)(C)C)CC1. The van der Waals surface area contributed by atoms with Crippen molar-refractivity contribution in [3.05, 3.63) is 29.8 Å². The number of para-hydroxylation sites is 1. The highest BCUT2D eigenvalue weighted by Crippen LogP contribution is 2.29. The Bertz CT molecular complexity index is 567. The van der Waals surface area contributed by atoms with E-state index in [2.05, 4.69) is 33.0 Å². The summed E-state index contributed by atoms with van der Waals surface area (Å²) in [6.07, 6.45) is 1.98. The molecule has 126 valence electrons. The van der Waals surface area contributed by atoms with Crippen LogP contribution in [0.3, 0.4) is 0 Å². The third kappa shape index (κ3) is 4.81. The molecular weight excluding hydrogens is 288 g/mol. The molecule has 0 aromatic heterocycles. The van der Waals surface area contributed by atoms with Crippen molar-refractivity contribution in [2.45, 2.75) is 52.4 Å². The number of hydrogen-bond donors (Lipinski definition) is 1. The third-order valence-corrected chi connectivity index (χ3v) is 4.46. The smallest absolute Gasteiger partial charge is 0.233 e. The van der Waals surface area contributed by atoms with Gasteiger partial charge >= 0.3 is 0 Å². The van der Waals surface area contributed by atoms with Gasteiger partial charge in [0.25, 0.3) is 0 Å². The first kappa shape index (κ1) is 17.5. The highest BCUT2D eigenvalue weighted by Gasteiger charge is 2.23. The maximum Gasteiger partial charge on any atom is 0.233 e. The summed E-state index contributed by atoms with van der Waals surface area (Å²) < 4.78 is 0. The van der Waals surface area contributed by atoms with Crippen LogP contribution in [0.5, 0.6) is 0 Å². The van der Waals surface area contributed by atoms with E-state index in [0.717, 1.165) is 37.2 Å². The van der Waals surface area contributed by atoms with Crippen molar-refractivity contribution in [2.75, 3.05) is 18.4 Å². The van der Waals surface area contributed by atoms with E-state index in [1.54, 1.807) is 0 Å². The summed E-state index contributed by atoms with van der Waals surface area (Å²) in [7, 11) is 0. The van der Waals surface area contributed by atoms with E-state index in [4.69, 9.17) is 0 Å². The Morgan fingerprint density at radius 2 is 1.78 bits per heavy atom. The van der Waals surface area contributed by atoms with Crippen molar-refractivity contribution in [1.82, 2.24) is 4.90 Å². The Balaban J connectivity index is 1.96. The Morgan fingerprint density at radius 1 is 1.17 bits per heavy atom. The van der Waals surface area contributed by atoms with Crippen LogP contribution in [0.15, 0.2) is 24.3 Å². The van der Waals surface area contributed by atoms with Gasteiger partial charge in [-0.1, -0.05) is 45.9 Å². The van der Waals surface area contributed by atoms with E-state index in [0.29, 0.717) is 5.92 Å². The van der Waals surface area contributed by atoms with Crippen molar-refractivity contribution < 1.29 is 9.59 Å². The second-order valence-corrected chi connectivity index (χ2v) is 7.58. The lowest BCUT2D eigenvalue weighted by Gasteiger charge is -2.30. The van der Waals surface area contributed by atoms with Gasteiger partial charge in [-0.25, -0.2) is 0 Å². The van der Waals surface area contributed by atoms with E-state index < -0.39 is 0 Å². The van der Waals surface area contributed by atoms with Gasteiger partial charge < -0.3 is 10.2 Å². The molecule has 1 aromatic rings. The van der Waals surface area contributed by atoms with E-state index in [1.807, 2.05) is 29.2 Å². The van der Waals surface area contributed by atoms with Crippen LogP contribution in [-0.4, -0.2) is 29.8 Å². The van der Waals surface area contributed by atoms with Gasteiger partial charge in [-0.2, -0.15) is 0 Å². The minimum absolute atomic E-state index is 0.0586. The molecule has 4 nitrogen and oxygen atoms in total. The molecule has 23 heavy (non-hydrogen) atoms. The molecule has 0 bridgehead atoms. The zero-order valence-corrected chi connectivity index (χ0v) is 14.7. The molecule has 0 unspecified atom stereocenters. The summed E-state index contributed by atoms with van der Waals surface area (Å²) in [5.41, 5.74) is 1.81. The van der Waals surface area contributed by atoms with Gasteiger partial charge in [-0.3, -0.25) is 9.59 Å². The van der Waals surface area contributed by atoms with Crippen molar-refractivity contribution in [2.24, 2.45) is 5.92 Å². The maximum absolute atomic E-state index is 12.3. The number of likely N-dealkylation sites (tertiary alicyclic amines) is 1. The second kappa shape index (κ2) is 7.16. The van der Waals surface area contributed by atoms with E-state index >= 15 is 0 Å². The van der Waals surface area contributed by atoms with E-state index in [1.165, 1.54) is 0 Å². The molecule has 0 radical (unpaired) electrons. The van der Waals surface area contributed by atoms with Crippen LogP contribution >= 0.6 is 0 Å². The fraction of sp³-hybridized carbons (Fsp3) is 0.579. The van der Waals surface area contributed by atoms with Crippen LogP contribution in [-0.2, 0) is 15.0 Å². The summed E-state index contributed by atoms with van der Waals surface area (Å²) in [5, 5.41) is 2.91. The number of carbonyl (C=O) groups is 2. The second-order valence-electron chi connectivity index (χ2n) is 7.58. The van der Waals surface area contributed by atoms with Gasteiger partial charge in [0, 0.05) is 18.8 Å². The van der Waals surface area contributed by atoms with Gasteiger partial charge in [0.1, 0.15) is 6.42 Å². The van der Waals surface area contributed by atoms with E-state index in [9.17, 15) is 9.59 Å². The lowest BCUT2D eigenvalue weighted by atomic mass is 9.86. The molecular formula is C19H28N2O2. The molecule has 1 N–H and O–H groups in total. The Labute approximate surface area is 139 Å². The van der Waals surface area contributed by atoms with Crippen molar-refractivity contribution >= 4 is 17.5 Å². The van der Waals surface area contributed by atoms with Crippen molar-refractivity contribution in [1.29, 1.82) is 0 Å². The van der Waals surface area contributed by atoms with Gasteiger partial charge in [-0.05, 0) is 35.8 Å². The lowest BCUT2D eigenvalue weighted by Crippen LogP contribution is -2.39. The predicted molar refractivity (Wildman–Crippen MR) is 93.4 cm³/mol. The Morgan fingerprint density at radius 3 is 2.39 bits per heavy atom. The first-order valence-corrected chi connectivity index (χ1v) is 8.44. The van der Waals surface area contributed by atoms with Crippen LogP contribution in [0.4, 0.5) is 5.69 Å². The first-order valence-electron chi connectivity index (χ1n) is 8.44. The fourth-order valence-corrected chi connectivity index (χ4v) is 2.95. The average Bonchev–Trinajstić information content (AvgIpc) is 2.47. The largest absolute Gasteiger partial charge is 0.342 e. The molecule has 1 aromatic carbocycles. The van der Waals surface area contributed by atoms with Crippen molar-refractivity contribution in [3.63, 3.8) is 0 Å². The number of amides is 2. The van der Waals surface area contributed by atoms with Crippen LogP contribution < -0.4 is 5.32 Å². The predicted octanol–water partition coefficient (Wildman–Crippen LogP) is 3.57. The minimum Gasteiger partial charge on any atom is -0.342 e. The number of nitrogens with zero attached hydrogens (tertiary/aromatic N) is 1. The molecule has 0 atom stereocenters. The molecule has 1 aliphatic rings. The van der Waals surface area contributed by atoms with Gasteiger partial charge in [0.05, 0.1) is 0 Å². The highest BCUT2D eigenvalue weighted by molar-refractivity contribution is 6.04. The van der Waals surface area contributed by atoms with Crippen LogP contribution in [0, 0.1) is 5.92 Å². The molecule has 1 fully saturated rings. The number of hydrogen-bond acceptors (Lipinski definition) is 2. The summed E-state index contributed by atoms with van der Waals surface area (Å²) in [6, 6.07) is 7.78. The van der Waals surface area contributed by atoms with Crippen LogP contribution in [0.1, 0.15) is 52.5 Å². The molecule has 1 heterocycles. The number of piperidine rings is 1. The number of benzene rings is 1. The fourth-order valence-electron chi connectivity index (χ4n) is 2.95. The molecule has 0 saturated carbocycles. The monoisotopic (exact) mass is 316 g/mol. The van der Waals surface area contributed by atoms with Gasteiger partial charge in [0.2, 0.25) is 11.8 Å². The molecule has 2 rings (SSSR count). The summed E-state index contributed by atoms with van der Waals surface area (Å²) >= 11 is 0. The maximum atomic E-state index is 12.3. The molecule has 1 aliphatic heterocycles. The Hall–Kier alpha value is -1.84. The lowest BCUT2D eigenvalue weighted by molar-refractivity contribution is -0.135. The zero-order valence-electron chi connectivity index (χ0n) is 14.7. The van der Waals surface area contributed by atoms with Gasteiger partial charge in [0.15, 0.2) is 0 Å². The molecule has 0 aliphatic carbocycles. The van der Waals surface area contributed by atoms with Crippen LogP contribution in [0.25, 0.3) is 0 Å². The zero-order chi connectivity index (χ0) is 17.0. The highest BCUT2D eigenvalue weighted by atomic mass is 16.2. The molecule has 2 amide bonds. The molecule has 4 heteroatoms. The topological polar surface area (TPSA) is 49.4 Å². The number of rotatable bonds is 3. The quantitative estimate of drug-likeness (QED) is 0.867. The van der Waals surface area contributed by atoms with Gasteiger partial charge in [-0.15, -0.1) is 0 Å². The third-order valence-electron chi connectivity index (χ3n) is 4.46. The first-order chi connectivity index (χ1) is 10.8. The normalized spacial score (nSPS) is 16.3. The number of carbonyl (C=O) groups excluding carboxylic acids is 2.